The van der Waals surface area contributed by atoms with Gasteiger partial charge in [-0.25, -0.2) is 9.97 Å². The van der Waals surface area contributed by atoms with Gasteiger partial charge in [0.1, 0.15) is 11.6 Å². The van der Waals surface area contributed by atoms with E-state index in [9.17, 15) is 0 Å². The summed E-state index contributed by atoms with van der Waals surface area (Å²) in [4.78, 5) is 9.20. The van der Waals surface area contributed by atoms with Crippen LogP contribution in [0.4, 0.5) is 5.82 Å². The highest BCUT2D eigenvalue weighted by Crippen LogP contribution is 2.27. The molecule has 2 aromatic rings. The van der Waals surface area contributed by atoms with Crippen molar-refractivity contribution in [3.8, 4) is 11.3 Å². The van der Waals surface area contributed by atoms with Gasteiger partial charge in [0.2, 0.25) is 0 Å². The summed E-state index contributed by atoms with van der Waals surface area (Å²) >= 11 is 1.69. The van der Waals surface area contributed by atoms with Gasteiger partial charge in [-0.05, 0) is 24.8 Å². The summed E-state index contributed by atoms with van der Waals surface area (Å²) in [5.74, 6) is 1.85. The Morgan fingerprint density at radius 2 is 2.18 bits per heavy atom. The van der Waals surface area contributed by atoms with Gasteiger partial charge in [-0.15, -0.1) is 0 Å². The first-order chi connectivity index (χ1) is 8.26. The normalized spacial score (nSPS) is 10.5. The minimum Gasteiger partial charge on any atom is -0.373 e. The first-order valence-electron chi connectivity index (χ1n) is 5.84. The first kappa shape index (κ1) is 12.0. The lowest BCUT2D eigenvalue weighted by Gasteiger charge is -2.11. The van der Waals surface area contributed by atoms with Crippen LogP contribution in [0.2, 0.25) is 0 Å². The van der Waals surface area contributed by atoms with Gasteiger partial charge in [0.25, 0.3) is 0 Å². The van der Waals surface area contributed by atoms with Gasteiger partial charge in [0.05, 0.1) is 5.69 Å². The van der Waals surface area contributed by atoms with Crippen LogP contribution >= 0.6 is 11.3 Å². The van der Waals surface area contributed by atoms with Gasteiger partial charge >= 0.3 is 0 Å². The molecule has 0 aliphatic carbocycles. The van der Waals surface area contributed by atoms with Crippen molar-refractivity contribution in [2.24, 2.45) is 0 Å². The van der Waals surface area contributed by atoms with Crippen molar-refractivity contribution < 1.29 is 0 Å². The van der Waals surface area contributed by atoms with Gasteiger partial charge < -0.3 is 5.32 Å². The molecule has 2 heterocycles. The molecule has 0 unspecified atom stereocenters. The molecule has 2 aromatic heterocycles. The summed E-state index contributed by atoms with van der Waals surface area (Å²) in [6.07, 6.45) is 1.99. The largest absolute Gasteiger partial charge is 0.373 e. The van der Waals surface area contributed by atoms with Crippen LogP contribution in [0.3, 0.4) is 0 Å². The Balaban J connectivity index is 2.53. The van der Waals surface area contributed by atoms with E-state index >= 15 is 0 Å². The third kappa shape index (κ3) is 2.47. The van der Waals surface area contributed by atoms with Crippen molar-refractivity contribution in [3.63, 3.8) is 0 Å². The molecule has 0 bridgehead atoms. The zero-order valence-electron chi connectivity index (χ0n) is 10.4. The molecule has 0 atom stereocenters. The first-order valence-corrected chi connectivity index (χ1v) is 6.78. The number of hydrogen-bond donors (Lipinski definition) is 1. The summed E-state index contributed by atoms with van der Waals surface area (Å²) < 4.78 is 0. The van der Waals surface area contributed by atoms with E-state index in [0.717, 1.165) is 35.7 Å². The number of aromatic nitrogens is 2. The molecule has 17 heavy (non-hydrogen) atoms. The van der Waals surface area contributed by atoms with E-state index in [4.69, 9.17) is 0 Å². The molecule has 2 rings (SSSR count). The van der Waals surface area contributed by atoms with Gasteiger partial charge in [-0.2, -0.15) is 11.3 Å². The SMILES string of the molecule is CCCc1nc(NC)c(C)c(-c2ccsc2)n1. The highest BCUT2D eigenvalue weighted by molar-refractivity contribution is 7.08. The maximum atomic E-state index is 4.67. The smallest absolute Gasteiger partial charge is 0.132 e. The van der Waals surface area contributed by atoms with E-state index in [1.165, 1.54) is 5.56 Å². The molecule has 4 heteroatoms. The summed E-state index contributed by atoms with van der Waals surface area (Å²) in [7, 11) is 1.91. The standard InChI is InChI=1S/C13H17N3S/c1-4-5-11-15-12(10-6-7-17-8-10)9(2)13(14-3)16-11/h6-8H,4-5H2,1-3H3,(H,14,15,16). The molecular formula is C13H17N3S. The van der Waals surface area contributed by atoms with Crippen LogP contribution in [0.15, 0.2) is 16.8 Å². The molecule has 0 aromatic carbocycles. The zero-order valence-corrected chi connectivity index (χ0v) is 11.3. The van der Waals surface area contributed by atoms with Crippen LogP contribution in [-0.2, 0) is 6.42 Å². The Bertz CT molecular complexity index is 492. The Morgan fingerprint density at radius 1 is 1.35 bits per heavy atom. The van der Waals surface area contributed by atoms with Crippen LogP contribution < -0.4 is 5.32 Å². The van der Waals surface area contributed by atoms with Crippen LogP contribution in [0.1, 0.15) is 24.7 Å². The summed E-state index contributed by atoms with van der Waals surface area (Å²) in [6.45, 7) is 4.21. The van der Waals surface area contributed by atoms with Gasteiger partial charge in [0, 0.05) is 30.0 Å². The van der Waals surface area contributed by atoms with E-state index < -0.39 is 0 Å². The van der Waals surface area contributed by atoms with Crippen LogP contribution in [0.25, 0.3) is 11.3 Å². The van der Waals surface area contributed by atoms with Crippen LogP contribution in [0.5, 0.6) is 0 Å². The minimum atomic E-state index is 0.920. The number of nitrogens with zero attached hydrogens (tertiary/aromatic N) is 2. The molecule has 0 amide bonds. The van der Waals surface area contributed by atoms with Crippen molar-refractivity contribution in [1.29, 1.82) is 0 Å². The summed E-state index contributed by atoms with van der Waals surface area (Å²) in [6, 6.07) is 2.11. The van der Waals surface area contributed by atoms with E-state index in [1.54, 1.807) is 11.3 Å². The second kappa shape index (κ2) is 5.27. The number of hydrogen-bond acceptors (Lipinski definition) is 4. The molecule has 0 fully saturated rings. The lowest BCUT2D eigenvalue weighted by atomic mass is 10.1. The van der Waals surface area contributed by atoms with Gasteiger partial charge in [0.15, 0.2) is 0 Å². The maximum Gasteiger partial charge on any atom is 0.132 e. The van der Waals surface area contributed by atoms with Crippen LogP contribution in [0, 0.1) is 6.92 Å². The number of aryl methyl sites for hydroxylation is 1. The van der Waals surface area contributed by atoms with Gasteiger partial charge in [-0.3, -0.25) is 0 Å². The lowest BCUT2D eigenvalue weighted by molar-refractivity contribution is 0.835. The summed E-state index contributed by atoms with van der Waals surface area (Å²) in [5, 5.41) is 7.36. The monoisotopic (exact) mass is 247 g/mol. The van der Waals surface area contributed by atoms with E-state index in [1.807, 2.05) is 7.05 Å². The van der Waals surface area contributed by atoms with Crippen molar-refractivity contribution in [3.05, 3.63) is 28.2 Å². The molecule has 0 saturated carbocycles. The third-order valence-corrected chi connectivity index (χ3v) is 3.38. The third-order valence-electron chi connectivity index (χ3n) is 2.70. The van der Waals surface area contributed by atoms with Crippen molar-refractivity contribution in [2.45, 2.75) is 26.7 Å². The maximum absolute atomic E-state index is 4.67. The Hall–Kier alpha value is -1.42. The molecule has 90 valence electrons. The molecular weight excluding hydrogens is 230 g/mol. The fourth-order valence-electron chi connectivity index (χ4n) is 1.82. The molecule has 3 nitrogen and oxygen atoms in total. The van der Waals surface area contributed by atoms with Crippen molar-refractivity contribution in [2.75, 3.05) is 12.4 Å². The van der Waals surface area contributed by atoms with Crippen molar-refractivity contribution in [1.82, 2.24) is 9.97 Å². The molecule has 0 aliphatic rings. The Kier molecular flexibility index (Phi) is 3.74. The summed E-state index contributed by atoms with van der Waals surface area (Å²) in [5.41, 5.74) is 3.35. The number of rotatable bonds is 4. The fourth-order valence-corrected chi connectivity index (χ4v) is 2.46. The number of anilines is 1. The average Bonchev–Trinajstić information content (AvgIpc) is 2.85. The fraction of sp³-hybridized carbons (Fsp3) is 0.385. The predicted octanol–water partition coefficient (Wildman–Crippen LogP) is 3.51. The predicted molar refractivity (Wildman–Crippen MR) is 73.6 cm³/mol. The molecule has 1 N–H and O–H groups in total. The lowest BCUT2D eigenvalue weighted by Crippen LogP contribution is -2.04. The molecule has 0 radical (unpaired) electrons. The minimum absolute atomic E-state index is 0.920. The number of thiophene rings is 1. The second-order valence-corrected chi connectivity index (χ2v) is 4.75. The van der Waals surface area contributed by atoms with Crippen LogP contribution in [-0.4, -0.2) is 17.0 Å². The van der Waals surface area contributed by atoms with E-state index in [0.29, 0.717) is 0 Å². The number of nitrogens with one attached hydrogen (secondary N) is 1. The van der Waals surface area contributed by atoms with E-state index in [-0.39, 0.29) is 0 Å². The van der Waals surface area contributed by atoms with E-state index in [2.05, 4.69) is 46.0 Å². The Morgan fingerprint density at radius 3 is 2.76 bits per heavy atom. The topological polar surface area (TPSA) is 37.8 Å². The second-order valence-electron chi connectivity index (χ2n) is 3.97. The molecule has 0 aliphatic heterocycles. The highest BCUT2D eigenvalue weighted by Gasteiger charge is 2.11. The zero-order chi connectivity index (χ0) is 12.3. The molecule has 0 saturated heterocycles. The highest BCUT2D eigenvalue weighted by atomic mass is 32.1. The quantitative estimate of drug-likeness (QED) is 0.898. The Labute approximate surface area is 106 Å². The van der Waals surface area contributed by atoms with Gasteiger partial charge in [-0.1, -0.05) is 6.92 Å². The van der Waals surface area contributed by atoms with Crippen molar-refractivity contribution >= 4 is 17.2 Å². The molecule has 0 spiro atoms. The average molecular weight is 247 g/mol.